The average molecular weight is 311 g/mol. The highest BCUT2D eigenvalue weighted by atomic mass is 35.5. The molecule has 0 saturated heterocycles. The second kappa shape index (κ2) is 7.26. The number of nitrogens with zero attached hydrogens (tertiary/aromatic N) is 1. The molecule has 0 fully saturated rings. The molecule has 2 aromatic rings. The average Bonchev–Trinajstić information content (AvgIpc) is 2.84. The number of nitrogens with one attached hydrogen (secondary N) is 1. The Hall–Kier alpha value is -1.59. The van der Waals surface area contributed by atoms with Crippen LogP contribution >= 0.6 is 22.9 Å². The topological polar surface area (TPSA) is 51.2 Å². The van der Waals surface area contributed by atoms with E-state index in [9.17, 15) is 4.79 Å². The highest BCUT2D eigenvalue weighted by Crippen LogP contribution is 2.18. The molecular weight excluding hydrogens is 296 g/mol. The SMILES string of the molecule is CCOC(=O)Cc1csc(NCc2cccc(Cl)c2)n1. The number of hydrogen-bond donors (Lipinski definition) is 1. The third kappa shape index (κ3) is 4.51. The fourth-order valence-electron chi connectivity index (χ4n) is 1.65. The van der Waals surface area contributed by atoms with Gasteiger partial charge in [0.1, 0.15) is 0 Å². The maximum absolute atomic E-state index is 11.3. The number of hydrogen-bond acceptors (Lipinski definition) is 5. The molecule has 0 bridgehead atoms. The summed E-state index contributed by atoms with van der Waals surface area (Å²) in [5.74, 6) is -0.251. The maximum Gasteiger partial charge on any atom is 0.311 e. The molecule has 4 nitrogen and oxygen atoms in total. The fraction of sp³-hybridized carbons (Fsp3) is 0.286. The number of esters is 1. The van der Waals surface area contributed by atoms with Crippen LogP contribution in [0.5, 0.6) is 0 Å². The van der Waals surface area contributed by atoms with Gasteiger partial charge < -0.3 is 10.1 Å². The van der Waals surface area contributed by atoms with Gasteiger partial charge in [0.25, 0.3) is 0 Å². The van der Waals surface area contributed by atoms with E-state index in [1.54, 1.807) is 6.92 Å². The van der Waals surface area contributed by atoms with Crippen LogP contribution in [0.2, 0.25) is 5.02 Å². The highest BCUT2D eigenvalue weighted by Gasteiger charge is 2.08. The van der Waals surface area contributed by atoms with Gasteiger partial charge in [0.05, 0.1) is 18.7 Å². The quantitative estimate of drug-likeness (QED) is 0.830. The Balaban J connectivity index is 1.88. The van der Waals surface area contributed by atoms with E-state index in [2.05, 4.69) is 10.3 Å². The summed E-state index contributed by atoms with van der Waals surface area (Å²) in [5.41, 5.74) is 1.81. The minimum atomic E-state index is -0.251. The molecule has 1 heterocycles. The van der Waals surface area contributed by atoms with E-state index in [4.69, 9.17) is 16.3 Å². The summed E-state index contributed by atoms with van der Waals surface area (Å²) in [6.45, 7) is 2.83. The number of ether oxygens (including phenoxy) is 1. The molecule has 6 heteroatoms. The van der Waals surface area contributed by atoms with Crippen LogP contribution in [0.1, 0.15) is 18.2 Å². The van der Waals surface area contributed by atoms with E-state index in [0.29, 0.717) is 18.2 Å². The van der Waals surface area contributed by atoms with E-state index < -0.39 is 0 Å². The molecule has 0 saturated carbocycles. The van der Waals surface area contributed by atoms with E-state index in [-0.39, 0.29) is 12.4 Å². The van der Waals surface area contributed by atoms with Crippen LogP contribution in [-0.2, 0) is 22.5 Å². The van der Waals surface area contributed by atoms with E-state index in [1.165, 1.54) is 11.3 Å². The molecule has 2 rings (SSSR count). The molecule has 0 radical (unpaired) electrons. The molecule has 1 N–H and O–H groups in total. The standard InChI is InChI=1S/C14H15ClN2O2S/c1-2-19-13(18)7-12-9-20-14(17-12)16-8-10-4-3-5-11(15)6-10/h3-6,9H,2,7-8H2,1H3,(H,16,17). The lowest BCUT2D eigenvalue weighted by Gasteiger charge is -2.03. The van der Waals surface area contributed by atoms with Crippen molar-refractivity contribution in [2.24, 2.45) is 0 Å². The van der Waals surface area contributed by atoms with Crippen molar-refractivity contribution in [3.05, 3.63) is 45.9 Å². The normalized spacial score (nSPS) is 10.3. The molecule has 0 aliphatic carbocycles. The van der Waals surface area contributed by atoms with E-state index in [1.807, 2.05) is 29.6 Å². The summed E-state index contributed by atoms with van der Waals surface area (Å²) in [6.07, 6.45) is 0.211. The van der Waals surface area contributed by atoms with Crippen molar-refractivity contribution in [3.8, 4) is 0 Å². The van der Waals surface area contributed by atoms with Gasteiger partial charge in [-0.1, -0.05) is 23.7 Å². The first-order chi connectivity index (χ1) is 9.67. The minimum absolute atomic E-state index is 0.211. The van der Waals surface area contributed by atoms with Crippen molar-refractivity contribution in [2.75, 3.05) is 11.9 Å². The van der Waals surface area contributed by atoms with Crippen molar-refractivity contribution >= 4 is 34.0 Å². The van der Waals surface area contributed by atoms with Crippen LogP contribution in [0, 0.1) is 0 Å². The highest BCUT2D eigenvalue weighted by molar-refractivity contribution is 7.13. The summed E-state index contributed by atoms with van der Waals surface area (Å²) >= 11 is 7.40. The number of carbonyl (C=O) groups excluding carboxylic acids is 1. The van der Waals surface area contributed by atoms with Gasteiger partial charge in [-0.15, -0.1) is 11.3 Å². The van der Waals surface area contributed by atoms with Gasteiger partial charge in [0.15, 0.2) is 5.13 Å². The summed E-state index contributed by atoms with van der Waals surface area (Å²) in [5, 5.41) is 6.56. The first-order valence-corrected chi connectivity index (χ1v) is 7.51. The smallest absolute Gasteiger partial charge is 0.311 e. The Kier molecular flexibility index (Phi) is 5.38. The van der Waals surface area contributed by atoms with Gasteiger partial charge in [-0.2, -0.15) is 0 Å². The fourth-order valence-corrected chi connectivity index (χ4v) is 2.58. The molecule has 0 aliphatic rings. The molecule has 0 amide bonds. The third-order valence-corrected chi connectivity index (χ3v) is 3.60. The first-order valence-electron chi connectivity index (χ1n) is 6.25. The number of anilines is 1. The lowest BCUT2D eigenvalue weighted by Crippen LogP contribution is -2.07. The first kappa shape index (κ1) is 14.8. The van der Waals surface area contributed by atoms with Crippen molar-refractivity contribution in [3.63, 3.8) is 0 Å². The van der Waals surface area contributed by atoms with Gasteiger partial charge >= 0.3 is 5.97 Å². The number of benzene rings is 1. The minimum Gasteiger partial charge on any atom is -0.466 e. The van der Waals surface area contributed by atoms with Crippen LogP contribution in [0.3, 0.4) is 0 Å². The molecule has 106 valence electrons. The molecule has 0 aliphatic heterocycles. The lowest BCUT2D eigenvalue weighted by atomic mass is 10.2. The summed E-state index contributed by atoms with van der Waals surface area (Å²) in [7, 11) is 0. The van der Waals surface area contributed by atoms with Gasteiger partial charge in [0.2, 0.25) is 0 Å². The van der Waals surface area contributed by atoms with Gasteiger partial charge in [-0.25, -0.2) is 4.98 Å². The Morgan fingerprint density at radius 1 is 1.50 bits per heavy atom. The third-order valence-electron chi connectivity index (χ3n) is 2.52. The number of aromatic nitrogens is 1. The van der Waals surface area contributed by atoms with E-state index in [0.717, 1.165) is 16.4 Å². The maximum atomic E-state index is 11.3. The van der Waals surface area contributed by atoms with Crippen LogP contribution in [0.15, 0.2) is 29.6 Å². The Morgan fingerprint density at radius 3 is 3.10 bits per heavy atom. The Labute approximate surface area is 126 Å². The van der Waals surface area contributed by atoms with Gasteiger partial charge in [0, 0.05) is 16.9 Å². The number of thiazole rings is 1. The van der Waals surface area contributed by atoms with Crippen molar-refractivity contribution in [2.45, 2.75) is 19.9 Å². The zero-order valence-corrected chi connectivity index (χ0v) is 12.6. The predicted octanol–water partition coefficient (Wildman–Crippen LogP) is 3.51. The predicted molar refractivity (Wildman–Crippen MR) is 81.2 cm³/mol. The van der Waals surface area contributed by atoms with Crippen LogP contribution < -0.4 is 5.32 Å². The molecule has 1 aromatic carbocycles. The molecule has 0 spiro atoms. The number of carbonyl (C=O) groups is 1. The molecule has 20 heavy (non-hydrogen) atoms. The summed E-state index contributed by atoms with van der Waals surface area (Å²) in [4.78, 5) is 15.7. The Morgan fingerprint density at radius 2 is 2.35 bits per heavy atom. The zero-order chi connectivity index (χ0) is 14.4. The lowest BCUT2D eigenvalue weighted by molar-refractivity contribution is -0.142. The van der Waals surface area contributed by atoms with Crippen LogP contribution in [0.25, 0.3) is 0 Å². The zero-order valence-electron chi connectivity index (χ0n) is 11.1. The second-order valence-electron chi connectivity index (χ2n) is 4.11. The monoisotopic (exact) mass is 310 g/mol. The molecule has 0 unspecified atom stereocenters. The molecular formula is C14H15ClN2O2S. The van der Waals surface area contributed by atoms with Crippen molar-refractivity contribution < 1.29 is 9.53 Å². The van der Waals surface area contributed by atoms with Gasteiger partial charge in [-0.05, 0) is 24.6 Å². The summed E-state index contributed by atoms with van der Waals surface area (Å²) < 4.78 is 4.89. The molecule has 0 atom stereocenters. The second-order valence-corrected chi connectivity index (χ2v) is 5.40. The Bertz CT molecular complexity index is 586. The van der Waals surface area contributed by atoms with Crippen molar-refractivity contribution in [1.82, 2.24) is 4.98 Å². The molecule has 1 aromatic heterocycles. The van der Waals surface area contributed by atoms with Crippen LogP contribution in [0.4, 0.5) is 5.13 Å². The van der Waals surface area contributed by atoms with Crippen molar-refractivity contribution in [1.29, 1.82) is 0 Å². The number of rotatable bonds is 6. The van der Waals surface area contributed by atoms with E-state index >= 15 is 0 Å². The van der Waals surface area contributed by atoms with Crippen LogP contribution in [-0.4, -0.2) is 17.6 Å². The summed E-state index contributed by atoms with van der Waals surface area (Å²) in [6, 6.07) is 7.65. The number of halogens is 1. The largest absolute Gasteiger partial charge is 0.466 e. The van der Waals surface area contributed by atoms with Gasteiger partial charge in [-0.3, -0.25) is 4.79 Å².